The number of halogens is 6. The van der Waals surface area contributed by atoms with E-state index in [1.54, 1.807) is 6.26 Å². The number of rotatable bonds is 2. The Labute approximate surface area is 146 Å². The van der Waals surface area contributed by atoms with Crippen molar-refractivity contribution in [2.45, 2.75) is 39.7 Å². The monoisotopic (exact) mass is 388 g/mol. The average molecular weight is 388 g/mol. The summed E-state index contributed by atoms with van der Waals surface area (Å²) in [6.45, 7) is 3.99. The normalized spacial score (nSPS) is 11.2. The lowest BCUT2D eigenvalue weighted by molar-refractivity contribution is -0.142. The van der Waals surface area contributed by atoms with Crippen LogP contribution in [0.5, 0.6) is 0 Å². The molecule has 0 bridgehead atoms. The van der Waals surface area contributed by atoms with Gasteiger partial charge in [0.05, 0.1) is 11.9 Å². The first-order chi connectivity index (χ1) is 11.6. The van der Waals surface area contributed by atoms with Gasteiger partial charge in [-0.05, 0) is 13.2 Å². The zero-order chi connectivity index (χ0) is 19.8. The van der Waals surface area contributed by atoms with Gasteiger partial charge in [-0.15, -0.1) is 0 Å². The van der Waals surface area contributed by atoms with Crippen LogP contribution in [0.4, 0.5) is 26.3 Å². The number of thiol groups is 1. The first kappa shape index (κ1) is 23.2. The molecular formula is C14H18F6N4S. The minimum atomic E-state index is -4.71. The predicted octanol–water partition coefficient (Wildman–Crippen LogP) is 4.80. The van der Waals surface area contributed by atoms with Crippen molar-refractivity contribution in [3.8, 4) is 11.3 Å². The fourth-order valence-corrected chi connectivity index (χ4v) is 1.65. The molecule has 0 aliphatic carbocycles. The van der Waals surface area contributed by atoms with Crippen LogP contribution < -0.4 is 0 Å². The maximum absolute atomic E-state index is 12.9. The van der Waals surface area contributed by atoms with Gasteiger partial charge in [0.1, 0.15) is 17.9 Å². The van der Waals surface area contributed by atoms with Crippen LogP contribution in [0.1, 0.15) is 25.2 Å². The van der Waals surface area contributed by atoms with Crippen molar-refractivity contribution in [3.05, 3.63) is 30.0 Å². The number of hydrogen-bond acceptors (Lipinski definition) is 4. The molecule has 2 aromatic rings. The van der Waals surface area contributed by atoms with E-state index in [0.717, 1.165) is 12.4 Å². The Morgan fingerprint density at radius 1 is 1.04 bits per heavy atom. The topological polar surface area (TPSA) is 43.6 Å². The van der Waals surface area contributed by atoms with Crippen molar-refractivity contribution < 1.29 is 26.3 Å². The molecule has 0 saturated carbocycles. The fraction of sp³-hybridized carbons (Fsp3) is 0.500. The molecule has 0 amide bonds. The molecule has 0 radical (unpaired) electrons. The molecule has 0 atom stereocenters. The van der Waals surface area contributed by atoms with Gasteiger partial charge in [0.15, 0.2) is 0 Å². The number of alkyl halides is 6. The molecule has 2 heterocycles. The van der Waals surface area contributed by atoms with Crippen molar-refractivity contribution in [3.63, 3.8) is 0 Å². The molecule has 0 unspecified atom stereocenters. The Kier molecular flexibility index (Phi) is 8.95. The molecular weight excluding hydrogens is 370 g/mol. The fourth-order valence-electron chi connectivity index (χ4n) is 1.65. The maximum Gasteiger partial charge on any atom is 0.419 e. The zero-order valence-corrected chi connectivity index (χ0v) is 14.8. The van der Waals surface area contributed by atoms with Crippen LogP contribution in [0.3, 0.4) is 0 Å². The third-order valence-electron chi connectivity index (χ3n) is 2.46. The van der Waals surface area contributed by atoms with Crippen LogP contribution in [-0.4, -0.2) is 32.2 Å². The molecule has 4 nitrogen and oxygen atoms in total. The van der Waals surface area contributed by atoms with Gasteiger partial charge in [-0.1, -0.05) is 13.8 Å². The lowest BCUT2D eigenvalue weighted by Crippen LogP contribution is -2.17. The van der Waals surface area contributed by atoms with Crippen LogP contribution in [0, 0.1) is 6.92 Å². The zero-order valence-electron chi connectivity index (χ0n) is 13.9. The quantitative estimate of drug-likeness (QED) is 0.594. The van der Waals surface area contributed by atoms with E-state index in [9.17, 15) is 26.3 Å². The molecule has 0 saturated heterocycles. The second-order valence-electron chi connectivity index (χ2n) is 4.22. The highest BCUT2D eigenvalue weighted by Gasteiger charge is 2.36. The van der Waals surface area contributed by atoms with E-state index < -0.39 is 30.2 Å². The van der Waals surface area contributed by atoms with Crippen molar-refractivity contribution in [2.75, 3.05) is 6.26 Å². The summed E-state index contributed by atoms with van der Waals surface area (Å²) in [5, 5.41) is 3.40. The summed E-state index contributed by atoms with van der Waals surface area (Å²) in [6.07, 6.45) is -5.17. The van der Waals surface area contributed by atoms with Crippen LogP contribution in [0.15, 0.2) is 18.6 Å². The lowest BCUT2D eigenvalue weighted by atomic mass is 10.1. The Morgan fingerprint density at radius 3 is 2.08 bits per heavy atom. The number of aryl methyl sites for hydroxylation is 1. The highest BCUT2D eigenvalue weighted by molar-refractivity contribution is 7.79. The molecule has 142 valence electrons. The summed E-state index contributed by atoms with van der Waals surface area (Å²) in [5.74, 6) is 0.0709. The van der Waals surface area contributed by atoms with E-state index >= 15 is 0 Å². The molecule has 0 aromatic carbocycles. The van der Waals surface area contributed by atoms with Crippen molar-refractivity contribution in [1.29, 1.82) is 0 Å². The Hall–Kier alpha value is -1.78. The smallest absolute Gasteiger partial charge is 0.263 e. The average Bonchev–Trinajstić information content (AvgIpc) is 2.96. The summed E-state index contributed by atoms with van der Waals surface area (Å²) in [6, 6.07) is 0. The maximum atomic E-state index is 12.9. The first-order valence-electron chi connectivity index (χ1n) is 7.01. The summed E-state index contributed by atoms with van der Waals surface area (Å²) in [7, 11) is 0. The molecule has 11 heteroatoms. The number of nitrogens with zero attached hydrogens (tertiary/aromatic N) is 4. The van der Waals surface area contributed by atoms with Crippen LogP contribution >= 0.6 is 12.6 Å². The summed E-state index contributed by atoms with van der Waals surface area (Å²) < 4.78 is 75.7. The van der Waals surface area contributed by atoms with Gasteiger partial charge in [-0.3, -0.25) is 4.68 Å². The molecule has 25 heavy (non-hydrogen) atoms. The molecule has 2 rings (SSSR count). The highest BCUT2D eigenvalue weighted by atomic mass is 32.1. The van der Waals surface area contributed by atoms with Gasteiger partial charge in [-0.2, -0.15) is 44.1 Å². The Balaban J connectivity index is 0.00000134. The van der Waals surface area contributed by atoms with Crippen molar-refractivity contribution >= 4 is 12.6 Å². The highest BCUT2D eigenvalue weighted by Crippen LogP contribution is 2.35. The summed E-state index contributed by atoms with van der Waals surface area (Å²) in [4.78, 5) is 7.11. The van der Waals surface area contributed by atoms with E-state index in [1.807, 2.05) is 13.8 Å². The van der Waals surface area contributed by atoms with Gasteiger partial charge < -0.3 is 0 Å². The minimum Gasteiger partial charge on any atom is -0.263 e. The van der Waals surface area contributed by atoms with Crippen molar-refractivity contribution in [2.24, 2.45) is 0 Å². The molecule has 0 fully saturated rings. The Morgan fingerprint density at radius 2 is 1.60 bits per heavy atom. The van der Waals surface area contributed by atoms with Gasteiger partial charge >= 0.3 is 12.4 Å². The SMILES string of the molecule is CC.CS.Cc1ncc(C(F)(F)F)c(-c2cnn(CC(F)(F)F)c2)n1. The minimum absolute atomic E-state index is 0.0709. The molecule has 0 spiro atoms. The molecule has 0 aliphatic heterocycles. The first-order valence-corrected chi connectivity index (χ1v) is 7.91. The Bertz CT molecular complexity index is 652. The third kappa shape index (κ3) is 7.32. The van der Waals surface area contributed by atoms with Crippen LogP contribution in [0.2, 0.25) is 0 Å². The molecule has 0 N–H and O–H groups in total. The summed E-state index contributed by atoms with van der Waals surface area (Å²) in [5.41, 5.74) is -1.78. The van der Waals surface area contributed by atoms with Crippen LogP contribution in [-0.2, 0) is 12.7 Å². The van der Waals surface area contributed by atoms with Gasteiger partial charge in [-0.25, -0.2) is 9.97 Å². The molecule has 2 aromatic heterocycles. The van der Waals surface area contributed by atoms with Gasteiger partial charge in [0.2, 0.25) is 0 Å². The van der Waals surface area contributed by atoms with Crippen LogP contribution in [0.25, 0.3) is 11.3 Å². The van der Waals surface area contributed by atoms with E-state index in [1.165, 1.54) is 6.92 Å². The largest absolute Gasteiger partial charge is 0.419 e. The van der Waals surface area contributed by atoms with Crippen molar-refractivity contribution in [1.82, 2.24) is 19.7 Å². The standard InChI is InChI=1S/C11H8F6N4.C2H6.CH4S/c1-6-18-3-8(11(15,16)17)9(20-6)7-2-19-21(4-7)5-10(12,13)14;2*1-2/h2-4H,5H2,1H3;1-2H3;2H,1H3. The second-order valence-corrected chi connectivity index (χ2v) is 4.22. The van der Waals surface area contributed by atoms with E-state index in [0.29, 0.717) is 10.9 Å². The van der Waals surface area contributed by atoms with E-state index in [-0.39, 0.29) is 11.4 Å². The summed E-state index contributed by atoms with van der Waals surface area (Å²) >= 11 is 3.53. The van der Waals surface area contributed by atoms with Gasteiger partial charge in [0, 0.05) is 18.0 Å². The predicted molar refractivity (Wildman–Crippen MR) is 85.3 cm³/mol. The molecule has 0 aliphatic rings. The third-order valence-corrected chi connectivity index (χ3v) is 2.46. The number of hydrogen-bond donors (Lipinski definition) is 1. The lowest BCUT2D eigenvalue weighted by Gasteiger charge is -2.10. The second kappa shape index (κ2) is 9.64. The number of aromatic nitrogens is 4. The van der Waals surface area contributed by atoms with E-state index in [4.69, 9.17) is 0 Å². The van der Waals surface area contributed by atoms with Gasteiger partial charge in [0.25, 0.3) is 0 Å². The van der Waals surface area contributed by atoms with E-state index in [2.05, 4.69) is 27.7 Å².